The molecule has 9 nitrogen and oxygen atoms in total. The van der Waals surface area contributed by atoms with E-state index in [0.29, 0.717) is 30.8 Å². The summed E-state index contributed by atoms with van der Waals surface area (Å²) < 4.78 is 1.68. The van der Waals surface area contributed by atoms with Crippen LogP contribution in [0.5, 0.6) is 0 Å². The number of imidazole rings is 1. The van der Waals surface area contributed by atoms with Crippen molar-refractivity contribution >= 4 is 17.8 Å². The Bertz CT molecular complexity index is 595. The predicted octanol–water partition coefficient (Wildman–Crippen LogP) is -0.0108. The first kappa shape index (κ1) is 14.7. The number of amides is 1. The molecule has 21 heavy (non-hydrogen) atoms. The molecule has 0 bridgehead atoms. The van der Waals surface area contributed by atoms with Crippen LogP contribution in [-0.2, 0) is 4.79 Å². The van der Waals surface area contributed by atoms with Crippen LogP contribution < -0.4 is 10.6 Å². The van der Waals surface area contributed by atoms with Gasteiger partial charge in [0.25, 0.3) is 0 Å². The van der Waals surface area contributed by atoms with Crippen molar-refractivity contribution in [3.63, 3.8) is 0 Å². The van der Waals surface area contributed by atoms with E-state index in [1.807, 2.05) is 0 Å². The first-order chi connectivity index (χ1) is 10.1. The first-order valence-electron chi connectivity index (χ1n) is 6.46. The average Bonchev–Trinajstić information content (AvgIpc) is 3.01. The highest BCUT2D eigenvalue weighted by Crippen LogP contribution is 2.08. The van der Waals surface area contributed by atoms with Gasteiger partial charge < -0.3 is 15.5 Å². The molecule has 2 rings (SSSR count). The second-order valence-electron chi connectivity index (χ2n) is 4.47. The molecule has 0 unspecified atom stereocenters. The van der Waals surface area contributed by atoms with Crippen LogP contribution >= 0.6 is 0 Å². The van der Waals surface area contributed by atoms with Crippen molar-refractivity contribution in [1.29, 1.82) is 0 Å². The molecule has 0 saturated carbocycles. The molecular weight excluding hydrogens is 272 g/mol. The van der Waals surface area contributed by atoms with E-state index in [2.05, 4.69) is 30.6 Å². The molecule has 2 heterocycles. The highest BCUT2D eigenvalue weighted by atomic mass is 16.2. The Kier molecular flexibility index (Phi) is 4.64. The molecule has 2 aromatic rings. The minimum Gasteiger partial charge on any atom is -0.357 e. The fourth-order valence-electron chi connectivity index (χ4n) is 1.55. The van der Waals surface area contributed by atoms with Crippen LogP contribution in [0.25, 0.3) is 5.95 Å². The van der Waals surface area contributed by atoms with Gasteiger partial charge in [0, 0.05) is 46.5 Å². The summed E-state index contributed by atoms with van der Waals surface area (Å²) in [5.41, 5.74) is 0. The number of nitrogens with zero attached hydrogens (tertiary/aromatic N) is 6. The third-order valence-corrected chi connectivity index (χ3v) is 2.70. The van der Waals surface area contributed by atoms with Crippen molar-refractivity contribution in [3.05, 3.63) is 18.7 Å². The predicted molar refractivity (Wildman–Crippen MR) is 78.3 cm³/mol. The second-order valence-corrected chi connectivity index (χ2v) is 4.47. The van der Waals surface area contributed by atoms with Crippen LogP contribution in [0.1, 0.15) is 6.42 Å². The fourth-order valence-corrected chi connectivity index (χ4v) is 1.55. The topological polar surface area (TPSA) is 101 Å². The number of aromatic nitrogens is 5. The molecule has 0 aromatic carbocycles. The zero-order chi connectivity index (χ0) is 15.2. The van der Waals surface area contributed by atoms with Gasteiger partial charge >= 0.3 is 0 Å². The van der Waals surface area contributed by atoms with E-state index in [1.54, 1.807) is 49.3 Å². The lowest BCUT2D eigenvalue weighted by Gasteiger charge is -2.11. The van der Waals surface area contributed by atoms with Crippen LogP contribution in [0, 0.1) is 0 Å². The molecule has 0 aliphatic heterocycles. The zero-order valence-electron chi connectivity index (χ0n) is 12.2. The summed E-state index contributed by atoms with van der Waals surface area (Å²) in [6.45, 7) is 0.452. The van der Waals surface area contributed by atoms with E-state index in [4.69, 9.17) is 0 Å². The van der Waals surface area contributed by atoms with Crippen LogP contribution in [0.15, 0.2) is 18.7 Å². The van der Waals surface area contributed by atoms with Gasteiger partial charge in [0.15, 0.2) is 0 Å². The monoisotopic (exact) mass is 290 g/mol. The largest absolute Gasteiger partial charge is 0.357 e. The highest BCUT2D eigenvalue weighted by Gasteiger charge is 2.08. The summed E-state index contributed by atoms with van der Waals surface area (Å²) in [5, 5.41) is 5.90. The first-order valence-corrected chi connectivity index (χ1v) is 6.46. The van der Waals surface area contributed by atoms with Crippen LogP contribution in [0.4, 0.5) is 11.9 Å². The van der Waals surface area contributed by atoms with Gasteiger partial charge in [0.2, 0.25) is 23.8 Å². The zero-order valence-corrected chi connectivity index (χ0v) is 12.2. The second kappa shape index (κ2) is 6.64. The Morgan fingerprint density at radius 2 is 2.05 bits per heavy atom. The Morgan fingerprint density at radius 3 is 2.67 bits per heavy atom. The minimum absolute atomic E-state index is 0.0419. The molecule has 0 fully saturated rings. The molecule has 0 saturated heterocycles. The fraction of sp³-hybridized carbons (Fsp3) is 0.417. The van der Waals surface area contributed by atoms with Crippen molar-refractivity contribution in [2.45, 2.75) is 6.42 Å². The van der Waals surface area contributed by atoms with Gasteiger partial charge in [-0.05, 0) is 0 Å². The Hall–Kier alpha value is -2.71. The summed E-state index contributed by atoms with van der Waals surface area (Å²) in [7, 11) is 5.18. The lowest BCUT2D eigenvalue weighted by atomic mass is 10.4. The van der Waals surface area contributed by atoms with Crippen molar-refractivity contribution in [2.24, 2.45) is 0 Å². The van der Waals surface area contributed by atoms with E-state index >= 15 is 0 Å². The number of anilines is 2. The highest BCUT2D eigenvalue weighted by molar-refractivity contribution is 5.76. The van der Waals surface area contributed by atoms with Gasteiger partial charge in [-0.25, -0.2) is 4.98 Å². The van der Waals surface area contributed by atoms with Crippen LogP contribution in [0.3, 0.4) is 0 Å². The SMILES string of the molecule is CNc1nc(NCCC(=O)N(C)C)nc(-n2ccnc2)n1. The molecule has 0 radical (unpaired) electrons. The van der Waals surface area contributed by atoms with Gasteiger partial charge in [-0.15, -0.1) is 0 Å². The number of hydrogen-bond donors (Lipinski definition) is 2. The molecule has 0 aliphatic carbocycles. The number of nitrogens with one attached hydrogen (secondary N) is 2. The average molecular weight is 290 g/mol. The molecule has 0 aliphatic rings. The molecule has 0 atom stereocenters. The summed E-state index contributed by atoms with van der Waals surface area (Å²) in [4.78, 5) is 29.8. The van der Waals surface area contributed by atoms with Crippen molar-refractivity contribution in [3.8, 4) is 5.95 Å². The maximum atomic E-state index is 11.5. The number of rotatable bonds is 6. The van der Waals surface area contributed by atoms with E-state index in [0.717, 1.165) is 0 Å². The molecule has 1 amide bonds. The molecule has 2 aromatic heterocycles. The summed E-state index contributed by atoms with van der Waals surface area (Å²) in [5.74, 6) is 1.34. The quantitative estimate of drug-likeness (QED) is 0.771. The van der Waals surface area contributed by atoms with E-state index in [1.165, 1.54) is 0 Å². The van der Waals surface area contributed by atoms with Crippen LogP contribution in [-0.4, -0.2) is 63.0 Å². The summed E-state index contributed by atoms with van der Waals surface area (Å²) in [6.07, 6.45) is 5.36. The lowest BCUT2D eigenvalue weighted by molar-refractivity contribution is -0.128. The number of hydrogen-bond acceptors (Lipinski definition) is 7. The van der Waals surface area contributed by atoms with E-state index in [-0.39, 0.29) is 5.91 Å². The standard InChI is InChI=1S/C12H18N8O/c1-13-10-16-11(15-5-4-9(21)19(2)3)18-12(17-10)20-7-6-14-8-20/h6-8H,4-5H2,1-3H3,(H2,13,15,16,17,18). The molecule has 2 N–H and O–H groups in total. The Balaban J connectivity index is 2.09. The van der Waals surface area contributed by atoms with Gasteiger partial charge in [-0.3, -0.25) is 9.36 Å². The number of carbonyl (C=O) groups is 1. The van der Waals surface area contributed by atoms with Gasteiger partial charge in [-0.2, -0.15) is 15.0 Å². The third-order valence-electron chi connectivity index (χ3n) is 2.70. The third kappa shape index (κ3) is 3.88. The van der Waals surface area contributed by atoms with Crippen molar-refractivity contribution < 1.29 is 4.79 Å². The lowest BCUT2D eigenvalue weighted by Crippen LogP contribution is -2.24. The van der Waals surface area contributed by atoms with Gasteiger partial charge in [0.05, 0.1) is 0 Å². The smallest absolute Gasteiger partial charge is 0.241 e. The summed E-state index contributed by atoms with van der Waals surface area (Å²) >= 11 is 0. The van der Waals surface area contributed by atoms with E-state index < -0.39 is 0 Å². The normalized spacial score (nSPS) is 10.2. The molecular formula is C12H18N8O. The minimum atomic E-state index is 0.0419. The maximum absolute atomic E-state index is 11.5. The van der Waals surface area contributed by atoms with E-state index in [9.17, 15) is 4.79 Å². The van der Waals surface area contributed by atoms with Crippen molar-refractivity contribution in [2.75, 3.05) is 38.3 Å². The van der Waals surface area contributed by atoms with Gasteiger partial charge in [0.1, 0.15) is 6.33 Å². The van der Waals surface area contributed by atoms with Crippen molar-refractivity contribution in [1.82, 2.24) is 29.4 Å². The van der Waals surface area contributed by atoms with Crippen LogP contribution in [0.2, 0.25) is 0 Å². The maximum Gasteiger partial charge on any atom is 0.241 e. The molecule has 0 spiro atoms. The molecule has 112 valence electrons. The van der Waals surface area contributed by atoms with Gasteiger partial charge in [-0.1, -0.05) is 0 Å². The Morgan fingerprint density at radius 1 is 1.29 bits per heavy atom. The summed E-state index contributed by atoms with van der Waals surface area (Å²) in [6, 6.07) is 0. The molecule has 9 heteroatoms. The Labute approximate surface area is 122 Å². The number of carbonyl (C=O) groups excluding carboxylic acids is 1.